The third kappa shape index (κ3) is 2.31. The van der Waals surface area contributed by atoms with E-state index in [1.165, 1.54) is 0 Å². The molecule has 100 valence electrons. The summed E-state index contributed by atoms with van der Waals surface area (Å²) in [6.07, 6.45) is 0. The van der Waals surface area contributed by atoms with E-state index in [1.807, 2.05) is 26.0 Å². The predicted molar refractivity (Wildman–Crippen MR) is 69.7 cm³/mol. The fourth-order valence-corrected chi connectivity index (χ4v) is 1.84. The summed E-state index contributed by atoms with van der Waals surface area (Å²) >= 11 is 0. The molecule has 1 aromatic carbocycles. The second-order valence-electron chi connectivity index (χ2n) is 4.38. The maximum absolute atomic E-state index is 11.0. The molecule has 0 bridgehead atoms. The highest BCUT2D eigenvalue weighted by molar-refractivity contribution is 5.86. The van der Waals surface area contributed by atoms with Crippen LogP contribution >= 0.6 is 0 Å². The van der Waals surface area contributed by atoms with Gasteiger partial charge in [0.1, 0.15) is 5.75 Å². The number of carboxylic acids is 1. The lowest BCUT2D eigenvalue weighted by Crippen LogP contribution is -1.95. The zero-order valence-electron chi connectivity index (χ0n) is 11.3. The van der Waals surface area contributed by atoms with Crippen LogP contribution in [0, 0.1) is 20.8 Å². The van der Waals surface area contributed by atoms with Crippen LogP contribution in [0.2, 0.25) is 0 Å². The van der Waals surface area contributed by atoms with Crippen LogP contribution in [0.1, 0.15) is 27.4 Å². The molecule has 1 heterocycles. The number of aryl methyl sites for hydroxylation is 3. The van der Waals surface area contributed by atoms with E-state index in [2.05, 4.69) is 4.98 Å². The highest BCUT2D eigenvalue weighted by Gasteiger charge is 2.20. The summed E-state index contributed by atoms with van der Waals surface area (Å²) in [4.78, 5) is 15.1. The first-order chi connectivity index (χ1) is 8.93. The van der Waals surface area contributed by atoms with Gasteiger partial charge in [-0.25, -0.2) is 9.78 Å². The molecule has 0 atom stereocenters. The van der Waals surface area contributed by atoms with Gasteiger partial charge in [0.05, 0.1) is 18.4 Å². The number of ether oxygens (including phenoxy) is 1. The first kappa shape index (κ1) is 13.1. The monoisotopic (exact) mass is 261 g/mol. The number of rotatable bonds is 3. The average Bonchev–Trinajstić information content (AvgIpc) is 2.74. The van der Waals surface area contributed by atoms with Crippen LogP contribution in [0.5, 0.6) is 5.75 Å². The van der Waals surface area contributed by atoms with E-state index in [4.69, 9.17) is 14.3 Å². The molecule has 0 aliphatic heterocycles. The minimum atomic E-state index is -1.13. The summed E-state index contributed by atoms with van der Waals surface area (Å²) in [5.41, 5.74) is 3.15. The Morgan fingerprint density at radius 3 is 2.42 bits per heavy atom. The summed E-state index contributed by atoms with van der Waals surface area (Å²) in [5, 5.41) is 8.99. The summed E-state index contributed by atoms with van der Waals surface area (Å²) < 4.78 is 10.6. The molecule has 0 saturated carbocycles. The Bertz CT molecular complexity index is 643. The molecule has 19 heavy (non-hydrogen) atoms. The maximum Gasteiger partial charge on any atom is 0.373 e. The van der Waals surface area contributed by atoms with Gasteiger partial charge in [0.25, 0.3) is 0 Å². The first-order valence-corrected chi connectivity index (χ1v) is 5.80. The lowest BCUT2D eigenvalue weighted by atomic mass is 10.1. The second-order valence-corrected chi connectivity index (χ2v) is 4.38. The van der Waals surface area contributed by atoms with Crippen molar-refractivity contribution in [2.24, 2.45) is 0 Å². The summed E-state index contributed by atoms with van der Waals surface area (Å²) in [6, 6.07) is 3.76. The molecule has 5 nitrogen and oxygen atoms in total. The van der Waals surface area contributed by atoms with Gasteiger partial charge in [0.2, 0.25) is 11.7 Å². The highest BCUT2D eigenvalue weighted by atomic mass is 16.5. The average molecular weight is 261 g/mol. The number of aromatic carboxylic acids is 1. The van der Waals surface area contributed by atoms with Crippen LogP contribution in [0.3, 0.4) is 0 Å². The van der Waals surface area contributed by atoms with Crippen molar-refractivity contribution < 1.29 is 19.1 Å². The molecule has 2 rings (SSSR count). The molecule has 0 saturated heterocycles. The molecule has 0 unspecified atom stereocenters. The van der Waals surface area contributed by atoms with Gasteiger partial charge in [-0.05, 0) is 44.0 Å². The molecule has 1 N–H and O–H groups in total. The van der Waals surface area contributed by atoms with E-state index in [1.54, 1.807) is 14.0 Å². The van der Waals surface area contributed by atoms with Gasteiger partial charge in [-0.3, -0.25) is 0 Å². The molecular weight excluding hydrogens is 246 g/mol. The number of aromatic nitrogens is 1. The highest BCUT2D eigenvalue weighted by Crippen LogP contribution is 2.33. The summed E-state index contributed by atoms with van der Waals surface area (Å²) in [5.74, 6) is -0.398. The van der Waals surface area contributed by atoms with Crippen LogP contribution in [0.15, 0.2) is 16.5 Å². The van der Waals surface area contributed by atoms with Crippen molar-refractivity contribution in [1.29, 1.82) is 0 Å². The maximum atomic E-state index is 11.0. The van der Waals surface area contributed by atoms with Crippen LogP contribution in [-0.2, 0) is 0 Å². The predicted octanol–water partition coefficient (Wildman–Crippen LogP) is 2.97. The zero-order chi connectivity index (χ0) is 14.2. The smallest absolute Gasteiger partial charge is 0.373 e. The molecule has 0 radical (unpaired) electrons. The van der Waals surface area contributed by atoms with Crippen molar-refractivity contribution in [3.05, 3.63) is 34.7 Å². The normalized spacial score (nSPS) is 10.5. The number of methoxy groups -OCH3 is 1. The lowest BCUT2D eigenvalue weighted by molar-refractivity contribution is 0.0662. The lowest BCUT2D eigenvalue weighted by Gasteiger charge is -2.09. The van der Waals surface area contributed by atoms with E-state index in [0.717, 1.165) is 11.1 Å². The summed E-state index contributed by atoms with van der Waals surface area (Å²) in [7, 11) is 1.56. The Morgan fingerprint density at radius 2 is 1.89 bits per heavy atom. The third-order valence-electron chi connectivity index (χ3n) is 3.04. The fraction of sp³-hybridized carbons (Fsp3) is 0.286. The molecule has 1 aromatic heterocycles. The van der Waals surface area contributed by atoms with Crippen molar-refractivity contribution in [3.63, 3.8) is 0 Å². The van der Waals surface area contributed by atoms with Gasteiger partial charge >= 0.3 is 5.97 Å². The van der Waals surface area contributed by atoms with E-state index >= 15 is 0 Å². The quantitative estimate of drug-likeness (QED) is 0.919. The topological polar surface area (TPSA) is 72.6 Å². The van der Waals surface area contributed by atoms with Gasteiger partial charge in [0.15, 0.2) is 0 Å². The minimum Gasteiger partial charge on any atom is -0.496 e. The van der Waals surface area contributed by atoms with Crippen molar-refractivity contribution in [2.75, 3.05) is 7.11 Å². The Morgan fingerprint density at radius 1 is 1.26 bits per heavy atom. The second kappa shape index (κ2) is 4.76. The standard InChI is InChI=1S/C14H15NO4/c1-7-5-10(11(18-4)6-8(7)2)13-15-9(3)12(19-13)14(16)17/h5-6H,1-4H3,(H,16,17). The molecule has 0 amide bonds. The molecule has 0 spiro atoms. The third-order valence-corrected chi connectivity index (χ3v) is 3.04. The van der Waals surface area contributed by atoms with Gasteiger partial charge in [-0.1, -0.05) is 0 Å². The number of carbonyl (C=O) groups is 1. The van der Waals surface area contributed by atoms with E-state index < -0.39 is 5.97 Å². The molecular formula is C14H15NO4. The van der Waals surface area contributed by atoms with E-state index in [0.29, 0.717) is 17.0 Å². The number of oxazole rings is 1. The number of hydrogen-bond acceptors (Lipinski definition) is 4. The molecule has 0 fully saturated rings. The zero-order valence-corrected chi connectivity index (χ0v) is 11.3. The number of hydrogen-bond donors (Lipinski definition) is 1. The number of nitrogens with zero attached hydrogens (tertiary/aromatic N) is 1. The van der Waals surface area contributed by atoms with Gasteiger partial charge < -0.3 is 14.3 Å². The number of carboxylic acid groups (broad SMARTS) is 1. The van der Waals surface area contributed by atoms with Crippen LogP contribution in [0.25, 0.3) is 11.5 Å². The molecule has 2 aromatic rings. The first-order valence-electron chi connectivity index (χ1n) is 5.80. The van der Waals surface area contributed by atoms with Crippen molar-refractivity contribution in [2.45, 2.75) is 20.8 Å². The Labute approximate surface area is 110 Å². The molecule has 0 aliphatic carbocycles. The fourth-order valence-electron chi connectivity index (χ4n) is 1.84. The van der Waals surface area contributed by atoms with Crippen LogP contribution in [0.4, 0.5) is 0 Å². The SMILES string of the molecule is COc1cc(C)c(C)cc1-c1nc(C)c(C(=O)O)o1. The van der Waals surface area contributed by atoms with Crippen molar-refractivity contribution in [1.82, 2.24) is 4.98 Å². The Hall–Kier alpha value is -2.30. The van der Waals surface area contributed by atoms with E-state index in [-0.39, 0.29) is 11.7 Å². The van der Waals surface area contributed by atoms with Crippen LogP contribution < -0.4 is 4.74 Å². The van der Waals surface area contributed by atoms with E-state index in [9.17, 15) is 4.79 Å². The van der Waals surface area contributed by atoms with Crippen molar-refractivity contribution >= 4 is 5.97 Å². The number of benzene rings is 1. The molecule has 5 heteroatoms. The Balaban J connectivity index is 2.61. The van der Waals surface area contributed by atoms with Crippen molar-refractivity contribution in [3.8, 4) is 17.2 Å². The van der Waals surface area contributed by atoms with Gasteiger partial charge in [-0.15, -0.1) is 0 Å². The van der Waals surface area contributed by atoms with Crippen LogP contribution in [-0.4, -0.2) is 23.2 Å². The minimum absolute atomic E-state index is 0.143. The Kier molecular flexibility index (Phi) is 3.29. The molecule has 0 aliphatic rings. The van der Waals surface area contributed by atoms with Gasteiger partial charge in [0, 0.05) is 0 Å². The largest absolute Gasteiger partial charge is 0.496 e. The van der Waals surface area contributed by atoms with Gasteiger partial charge in [-0.2, -0.15) is 0 Å². The summed E-state index contributed by atoms with van der Waals surface area (Å²) in [6.45, 7) is 5.54.